The first-order valence-corrected chi connectivity index (χ1v) is 6.49. The lowest BCUT2D eigenvalue weighted by atomic mass is 10.1. The first-order chi connectivity index (χ1) is 9.17. The van der Waals surface area contributed by atoms with Gasteiger partial charge >= 0.3 is 0 Å². The zero-order valence-electron chi connectivity index (χ0n) is 10.4. The average molecular weight is 279 g/mol. The summed E-state index contributed by atoms with van der Waals surface area (Å²) in [5.74, 6) is 5.28. The Bertz CT molecular complexity index is 522. The molecule has 1 aliphatic rings. The van der Waals surface area contributed by atoms with Crippen LogP contribution < -0.4 is 11.3 Å². The number of carbonyl (C=O) groups excluding carboxylic acids is 1. The van der Waals surface area contributed by atoms with Gasteiger partial charge in [-0.3, -0.25) is 10.6 Å². The van der Waals surface area contributed by atoms with Crippen LogP contribution in [0.25, 0.3) is 0 Å². The number of nitrogens with two attached hydrogens (primary N) is 1. The van der Waals surface area contributed by atoms with E-state index in [-0.39, 0.29) is 11.9 Å². The summed E-state index contributed by atoms with van der Waals surface area (Å²) in [7, 11) is 0. The summed E-state index contributed by atoms with van der Waals surface area (Å²) in [6.45, 7) is 0.441. The first kappa shape index (κ1) is 13.7. The number of nitrogens with one attached hydrogen (secondary N) is 1. The molecule has 1 amide bonds. The molecule has 6 heteroatoms. The lowest BCUT2D eigenvalue weighted by Crippen LogP contribution is -2.34. The van der Waals surface area contributed by atoms with Gasteiger partial charge in [-0.25, -0.2) is 0 Å². The predicted molar refractivity (Wildman–Crippen MR) is 73.6 cm³/mol. The second-order valence-electron chi connectivity index (χ2n) is 4.47. The molecule has 0 heterocycles. The Hall–Kier alpha value is -1.77. The molecule has 5 nitrogen and oxygen atoms in total. The number of amides is 1. The number of nitriles is 1. The van der Waals surface area contributed by atoms with Gasteiger partial charge in [0, 0.05) is 17.6 Å². The molecular weight excluding hydrogens is 264 g/mol. The van der Waals surface area contributed by atoms with E-state index in [1.807, 2.05) is 0 Å². The second-order valence-corrected chi connectivity index (χ2v) is 4.91. The Morgan fingerprint density at radius 2 is 2.32 bits per heavy atom. The molecule has 0 aliphatic heterocycles. The first-order valence-electron chi connectivity index (χ1n) is 6.11. The highest BCUT2D eigenvalue weighted by Crippen LogP contribution is 2.30. The van der Waals surface area contributed by atoms with E-state index in [9.17, 15) is 4.79 Å². The molecule has 0 radical (unpaired) electrons. The number of rotatable bonds is 5. The zero-order chi connectivity index (χ0) is 13.8. The summed E-state index contributed by atoms with van der Waals surface area (Å²) in [5.41, 5.74) is 3.49. The van der Waals surface area contributed by atoms with Crippen molar-refractivity contribution in [2.24, 2.45) is 5.84 Å². The summed E-state index contributed by atoms with van der Waals surface area (Å²) >= 11 is 5.93. The standard InChI is InChI=1S/C13H15ClN4O/c14-9-2-5-12(17-16)11(8-9)13(19)18(7-1-6-15)10-3-4-10/h2,5,8,10,17H,1,3-4,7,16H2. The molecule has 1 fully saturated rings. The molecular formula is C13H15ClN4O. The van der Waals surface area contributed by atoms with Crippen LogP contribution in [0.2, 0.25) is 5.02 Å². The summed E-state index contributed by atoms with van der Waals surface area (Å²) in [6.07, 6.45) is 2.31. The largest absolute Gasteiger partial charge is 0.335 e. The number of anilines is 1. The fraction of sp³-hybridized carbons (Fsp3) is 0.385. The van der Waals surface area contributed by atoms with Gasteiger partial charge in [0.2, 0.25) is 0 Å². The van der Waals surface area contributed by atoms with Gasteiger partial charge in [0.05, 0.1) is 23.7 Å². The normalized spacial score (nSPS) is 13.7. The molecule has 1 aromatic carbocycles. The van der Waals surface area contributed by atoms with Crippen molar-refractivity contribution in [3.05, 3.63) is 28.8 Å². The summed E-state index contributed by atoms with van der Waals surface area (Å²) in [5, 5.41) is 9.16. The van der Waals surface area contributed by atoms with Crippen LogP contribution in [0.5, 0.6) is 0 Å². The minimum absolute atomic E-state index is 0.131. The summed E-state index contributed by atoms with van der Waals surface area (Å²) in [4.78, 5) is 14.3. The van der Waals surface area contributed by atoms with Crippen molar-refractivity contribution < 1.29 is 4.79 Å². The highest BCUT2D eigenvalue weighted by Gasteiger charge is 2.33. The van der Waals surface area contributed by atoms with E-state index < -0.39 is 0 Å². The van der Waals surface area contributed by atoms with Gasteiger partial charge in [0.1, 0.15) is 0 Å². The highest BCUT2D eigenvalue weighted by atomic mass is 35.5. The van der Waals surface area contributed by atoms with E-state index in [0.29, 0.717) is 29.2 Å². The lowest BCUT2D eigenvalue weighted by Gasteiger charge is -2.22. The Labute approximate surface area is 116 Å². The van der Waals surface area contributed by atoms with Crippen molar-refractivity contribution in [2.45, 2.75) is 25.3 Å². The van der Waals surface area contributed by atoms with Gasteiger partial charge in [0.15, 0.2) is 0 Å². The van der Waals surface area contributed by atoms with E-state index in [1.165, 1.54) is 0 Å². The molecule has 19 heavy (non-hydrogen) atoms. The topological polar surface area (TPSA) is 82.2 Å². The third kappa shape index (κ3) is 3.16. The third-order valence-electron chi connectivity index (χ3n) is 3.08. The van der Waals surface area contributed by atoms with Crippen LogP contribution in [-0.4, -0.2) is 23.4 Å². The van der Waals surface area contributed by atoms with Gasteiger partial charge < -0.3 is 10.3 Å². The van der Waals surface area contributed by atoms with Crippen LogP contribution in [0, 0.1) is 11.3 Å². The van der Waals surface area contributed by atoms with E-state index in [0.717, 1.165) is 12.8 Å². The van der Waals surface area contributed by atoms with Gasteiger partial charge in [-0.1, -0.05) is 11.6 Å². The van der Waals surface area contributed by atoms with Crippen molar-refractivity contribution in [1.82, 2.24) is 4.90 Å². The summed E-state index contributed by atoms with van der Waals surface area (Å²) < 4.78 is 0. The molecule has 1 aromatic rings. The maximum atomic E-state index is 12.5. The number of hydrogen-bond donors (Lipinski definition) is 2. The van der Waals surface area contributed by atoms with Crippen molar-refractivity contribution >= 4 is 23.2 Å². The van der Waals surface area contributed by atoms with E-state index in [2.05, 4.69) is 11.5 Å². The third-order valence-corrected chi connectivity index (χ3v) is 3.32. The minimum atomic E-state index is -0.131. The van der Waals surface area contributed by atoms with Crippen molar-refractivity contribution in [2.75, 3.05) is 12.0 Å². The van der Waals surface area contributed by atoms with Crippen LogP contribution in [-0.2, 0) is 0 Å². The van der Waals surface area contributed by atoms with E-state index >= 15 is 0 Å². The molecule has 0 atom stereocenters. The Morgan fingerprint density at radius 3 is 2.89 bits per heavy atom. The number of benzene rings is 1. The molecule has 0 spiro atoms. The van der Waals surface area contributed by atoms with Crippen molar-refractivity contribution in [3.63, 3.8) is 0 Å². The van der Waals surface area contributed by atoms with Crippen LogP contribution in [0.4, 0.5) is 5.69 Å². The minimum Gasteiger partial charge on any atom is -0.335 e. The van der Waals surface area contributed by atoms with Gasteiger partial charge in [-0.15, -0.1) is 0 Å². The molecule has 3 N–H and O–H groups in total. The van der Waals surface area contributed by atoms with Crippen LogP contribution in [0.3, 0.4) is 0 Å². The number of halogens is 1. The number of hydrazine groups is 1. The number of nitrogens with zero attached hydrogens (tertiary/aromatic N) is 2. The predicted octanol–water partition coefficient (Wildman–Crippen LogP) is 2.14. The molecule has 2 rings (SSSR count). The Balaban J connectivity index is 2.25. The number of hydrogen-bond acceptors (Lipinski definition) is 4. The quantitative estimate of drug-likeness (QED) is 0.639. The monoisotopic (exact) mass is 278 g/mol. The fourth-order valence-electron chi connectivity index (χ4n) is 1.98. The lowest BCUT2D eigenvalue weighted by molar-refractivity contribution is 0.0748. The second kappa shape index (κ2) is 5.91. The van der Waals surface area contributed by atoms with E-state index in [4.69, 9.17) is 22.7 Å². The van der Waals surface area contributed by atoms with Gasteiger partial charge in [0.25, 0.3) is 5.91 Å². The van der Waals surface area contributed by atoms with Gasteiger partial charge in [-0.05, 0) is 31.0 Å². The SMILES string of the molecule is N#CCCN(C(=O)c1cc(Cl)ccc1NN)C1CC1. The molecule has 0 aromatic heterocycles. The van der Waals surface area contributed by atoms with Crippen LogP contribution in [0.1, 0.15) is 29.6 Å². The van der Waals surface area contributed by atoms with Crippen LogP contribution in [0.15, 0.2) is 18.2 Å². The van der Waals surface area contributed by atoms with Crippen molar-refractivity contribution in [1.29, 1.82) is 5.26 Å². The number of nitrogen functional groups attached to an aromatic ring is 1. The van der Waals surface area contributed by atoms with Crippen LogP contribution >= 0.6 is 11.6 Å². The van der Waals surface area contributed by atoms with Gasteiger partial charge in [-0.2, -0.15) is 5.26 Å². The number of carbonyl (C=O) groups is 1. The molecule has 0 unspecified atom stereocenters. The molecule has 0 saturated heterocycles. The molecule has 1 saturated carbocycles. The highest BCUT2D eigenvalue weighted by molar-refractivity contribution is 6.31. The molecule has 1 aliphatic carbocycles. The Kier molecular flexibility index (Phi) is 4.25. The molecule has 100 valence electrons. The smallest absolute Gasteiger partial charge is 0.256 e. The van der Waals surface area contributed by atoms with Crippen molar-refractivity contribution in [3.8, 4) is 6.07 Å². The molecule has 0 bridgehead atoms. The maximum Gasteiger partial charge on any atom is 0.256 e. The van der Waals surface area contributed by atoms with E-state index in [1.54, 1.807) is 23.1 Å². The zero-order valence-corrected chi connectivity index (χ0v) is 11.2. The maximum absolute atomic E-state index is 12.5. The Morgan fingerprint density at radius 1 is 1.58 bits per heavy atom. The average Bonchev–Trinajstić information content (AvgIpc) is 3.23. The summed E-state index contributed by atoms with van der Waals surface area (Å²) in [6, 6.07) is 7.25. The fourth-order valence-corrected chi connectivity index (χ4v) is 2.15.